The fourth-order valence-electron chi connectivity index (χ4n) is 2.53. The Hall–Kier alpha value is 0.270. The summed E-state index contributed by atoms with van der Waals surface area (Å²) in [7, 11) is 0. The van der Waals surface area contributed by atoms with Crippen LogP contribution in [0, 0.1) is 0 Å². The standard InChI is InChI=1S/C13H14Cl4O2/c1-7(2)4-5-11-8(3)6-9(19-11)12(14,15)10(18)13(11,16)17/h6,9H,1,4-5H2,2-3H3/t9-,11-/m0/s1. The van der Waals surface area contributed by atoms with Gasteiger partial charge in [-0.3, -0.25) is 4.79 Å². The molecule has 0 aromatic rings. The Balaban J connectivity index is 2.47. The monoisotopic (exact) mass is 342 g/mol. The lowest BCUT2D eigenvalue weighted by Crippen LogP contribution is -2.64. The molecule has 2 aliphatic rings. The molecule has 0 saturated carbocycles. The number of allylic oxidation sites excluding steroid dienone is 1. The normalized spacial score (nSPS) is 35.2. The van der Waals surface area contributed by atoms with E-state index in [2.05, 4.69) is 6.58 Å². The van der Waals surface area contributed by atoms with Crippen LogP contribution in [0.25, 0.3) is 0 Å². The van der Waals surface area contributed by atoms with E-state index in [0.29, 0.717) is 12.8 Å². The lowest BCUT2D eigenvalue weighted by atomic mass is 9.83. The summed E-state index contributed by atoms with van der Waals surface area (Å²) in [4.78, 5) is 12.4. The Morgan fingerprint density at radius 3 is 2.53 bits per heavy atom. The predicted octanol–water partition coefficient (Wildman–Crippen LogP) is 4.36. The first-order valence-corrected chi connectivity index (χ1v) is 7.38. The van der Waals surface area contributed by atoms with Crippen LogP contribution in [0.2, 0.25) is 0 Å². The van der Waals surface area contributed by atoms with Crippen LogP contribution in [0.3, 0.4) is 0 Å². The zero-order valence-corrected chi connectivity index (χ0v) is 13.6. The lowest BCUT2D eigenvalue weighted by molar-refractivity contribution is -0.142. The van der Waals surface area contributed by atoms with Gasteiger partial charge in [0.05, 0.1) is 0 Å². The third kappa shape index (κ3) is 2.08. The summed E-state index contributed by atoms with van der Waals surface area (Å²) < 4.78 is 2.30. The zero-order chi connectivity index (χ0) is 14.6. The third-order valence-electron chi connectivity index (χ3n) is 3.72. The number of ketones is 1. The molecule has 1 saturated heterocycles. The average molecular weight is 344 g/mol. The minimum Gasteiger partial charge on any atom is -0.356 e. The molecular weight excluding hydrogens is 330 g/mol. The first-order valence-electron chi connectivity index (χ1n) is 5.87. The Morgan fingerprint density at radius 2 is 2.00 bits per heavy atom. The molecule has 2 atom stereocenters. The van der Waals surface area contributed by atoms with Crippen LogP contribution >= 0.6 is 46.4 Å². The minimum absolute atomic E-state index is 0.462. The second-order valence-electron chi connectivity index (χ2n) is 5.20. The molecule has 2 bridgehead atoms. The summed E-state index contributed by atoms with van der Waals surface area (Å²) in [6.07, 6.45) is 2.11. The van der Waals surface area contributed by atoms with Gasteiger partial charge < -0.3 is 4.74 Å². The first kappa shape index (κ1) is 15.7. The molecule has 6 heteroatoms. The zero-order valence-electron chi connectivity index (χ0n) is 10.6. The molecule has 1 fully saturated rings. The molecule has 2 nitrogen and oxygen atoms in total. The second kappa shape index (κ2) is 4.64. The summed E-state index contributed by atoms with van der Waals surface area (Å²) >= 11 is 24.7. The fraction of sp³-hybridized carbons (Fsp3) is 0.615. The van der Waals surface area contributed by atoms with Crippen molar-refractivity contribution in [1.82, 2.24) is 0 Å². The molecular formula is C13H14Cl4O2. The van der Waals surface area contributed by atoms with Gasteiger partial charge in [0, 0.05) is 0 Å². The Kier molecular flexibility index (Phi) is 3.82. The topological polar surface area (TPSA) is 26.3 Å². The summed E-state index contributed by atoms with van der Waals surface area (Å²) in [6.45, 7) is 7.55. The molecule has 0 amide bonds. The van der Waals surface area contributed by atoms with Crippen LogP contribution in [0.4, 0.5) is 0 Å². The van der Waals surface area contributed by atoms with Crippen LogP contribution in [0.1, 0.15) is 26.7 Å². The van der Waals surface area contributed by atoms with Crippen molar-refractivity contribution in [2.45, 2.75) is 47.1 Å². The van der Waals surface area contributed by atoms with Gasteiger partial charge in [0.1, 0.15) is 11.7 Å². The molecule has 0 aliphatic carbocycles. The van der Waals surface area contributed by atoms with E-state index in [4.69, 9.17) is 51.1 Å². The highest BCUT2D eigenvalue weighted by Gasteiger charge is 2.70. The van der Waals surface area contributed by atoms with Crippen LogP contribution in [-0.4, -0.2) is 26.2 Å². The van der Waals surface area contributed by atoms with Crippen molar-refractivity contribution in [2.24, 2.45) is 0 Å². The van der Waals surface area contributed by atoms with E-state index in [1.54, 1.807) is 6.08 Å². The lowest BCUT2D eigenvalue weighted by Gasteiger charge is -2.47. The van der Waals surface area contributed by atoms with Gasteiger partial charge in [-0.1, -0.05) is 58.1 Å². The summed E-state index contributed by atoms with van der Waals surface area (Å²) in [5.74, 6) is -0.627. The Labute approximate surface area is 132 Å². The molecule has 0 radical (unpaired) electrons. The summed E-state index contributed by atoms with van der Waals surface area (Å²) in [5.41, 5.74) is 0.657. The van der Waals surface area contributed by atoms with E-state index in [0.717, 1.165) is 11.1 Å². The van der Waals surface area contributed by atoms with Crippen molar-refractivity contribution in [3.8, 4) is 0 Å². The van der Waals surface area contributed by atoms with Crippen molar-refractivity contribution in [3.63, 3.8) is 0 Å². The minimum atomic E-state index is -1.81. The first-order chi connectivity index (χ1) is 8.55. The molecule has 19 heavy (non-hydrogen) atoms. The van der Waals surface area contributed by atoms with Crippen molar-refractivity contribution in [2.75, 3.05) is 0 Å². The smallest absolute Gasteiger partial charge is 0.211 e. The van der Waals surface area contributed by atoms with Crippen molar-refractivity contribution in [3.05, 3.63) is 23.8 Å². The van der Waals surface area contributed by atoms with Gasteiger partial charge in [-0.25, -0.2) is 0 Å². The number of hydrogen-bond acceptors (Lipinski definition) is 2. The van der Waals surface area contributed by atoms with Gasteiger partial charge in [0.25, 0.3) is 0 Å². The number of halogens is 4. The molecule has 0 unspecified atom stereocenters. The van der Waals surface area contributed by atoms with E-state index >= 15 is 0 Å². The van der Waals surface area contributed by atoms with E-state index in [9.17, 15) is 4.79 Å². The molecule has 0 aromatic carbocycles. The van der Waals surface area contributed by atoms with E-state index in [1.807, 2.05) is 13.8 Å². The highest BCUT2D eigenvalue weighted by atomic mass is 35.5. The SMILES string of the molecule is C=C(C)CC[C@]12O[C@@H](C=C1C)C(Cl)(Cl)C(=O)C2(Cl)Cl. The van der Waals surface area contributed by atoms with Gasteiger partial charge in [0.2, 0.25) is 14.4 Å². The van der Waals surface area contributed by atoms with Crippen LogP contribution in [0.15, 0.2) is 23.8 Å². The molecule has 0 spiro atoms. The third-order valence-corrected chi connectivity index (χ3v) is 5.45. The molecule has 2 aliphatic heterocycles. The number of fused-ring (bicyclic) bond motifs is 2. The average Bonchev–Trinajstić information content (AvgIpc) is 2.62. The number of carbonyl (C=O) groups excluding carboxylic acids is 1. The van der Waals surface area contributed by atoms with Gasteiger partial charge in [-0.05, 0) is 32.3 Å². The molecule has 2 rings (SSSR count). The second-order valence-corrected chi connectivity index (χ2v) is 7.91. The van der Waals surface area contributed by atoms with Gasteiger partial charge in [-0.2, -0.15) is 0 Å². The number of alkyl halides is 4. The number of hydrogen-bond donors (Lipinski definition) is 0. The molecule has 106 valence electrons. The summed E-state index contributed by atoms with van der Waals surface area (Å²) in [6, 6.07) is 0. The fourth-order valence-corrected chi connectivity index (χ4v) is 4.10. The predicted molar refractivity (Wildman–Crippen MR) is 79.3 cm³/mol. The van der Waals surface area contributed by atoms with Crippen molar-refractivity contribution < 1.29 is 9.53 Å². The van der Waals surface area contributed by atoms with E-state index < -0.39 is 26.2 Å². The van der Waals surface area contributed by atoms with E-state index in [-0.39, 0.29) is 0 Å². The van der Waals surface area contributed by atoms with Gasteiger partial charge >= 0.3 is 0 Å². The number of Topliss-reactive ketones (excluding diaryl/α,β-unsaturated/α-hetero) is 1. The number of carbonyl (C=O) groups is 1. The Morgan fingerprint density at radius 1 is 1.42 bits per heavy atom. The maximum absolute atomic E-state index is 12.4. The number of rotatable bonds is 3. The molecule has 0 aromatic heterocycles. The van der Waals surface area contributed by atoms with Crippen LogP contribution in [-0.2, 0) is 9.53 Å². The largest absolute Gasteiger partial charge is 0.356 e. The highest BCUT2D eigenvalue weighted by Crippen LogP contribution is 2.59. The van der Waals surface area contributed by atoms with Crippen molar-refractivity contribution in [1.29, 1.82) is 0 Å². The van der Waals surface area contributed by atoms with Gasteiger partial charge in [0.15, 0.2) is 0 Å². The Bertz CT molecular complexity index is 481. The number of ether oxygens (including phenoxy) is 1. The van der Waals surface area contributed by atoms with Crippen LogP contribution in [0.5, 0.6) is 0 Å². The molecule has 2 heterocycles. The molecule has 0 N–H and O–H groups in total. The maximum Gasteiger partial charge on any atom is 0.211 e. The quantitative estimate of drug-likeness (QED) is 0.562. The highest BCUT2D eigenvalue weighted by molar-refractivity contribution is 6.70. The van der Waals surface area contributed by atoms with E-state index in [1.165, 1.54) is 0 Å². The van der Waals surface area contributed by atoms with Crippen molar-refractivity contribution >= 4 is 52.2 Å². The van der Waals surface area contributed by atoms with Crippen LogP contribution < -0.4 is 0 Å². The maximum atomic E-state index is 12.4. The van der Waals surface area contributed by atoms with Gasteiger partial charge in [-0.15, -0.1) is 6.58 Å². The summed E-state index contributed by atoms with van der Waals surface area (Å²) in [5, 5.41) is 0.